The second kappa shape index (κ2) is 7.61. The number of nitrogens with one attached hydrogen (secondary N) is 1. The van der Waals surface area contributed by atoms with E-state index in [0.717, 1.165) is 0 Å². The summed E-state index contributed by atoms with van der Waals surface area (Å²) in [5.74, 6) is 0.130. The maximum Gasteiger partial charge on any atom is 0.223 e. The molecule has 4 nitrogen and oxygen atoms in total. The van der Waals surface area contributed by atoms with Crippen LogP contribution in [0.5, 0.6) is 5.75 Å². The fourth-order valence-electron chi connectivity index (χ4n) is 1.93. The highest BCUT2D eigenvalue weighted by atomic mass is 35.5. The first-order valence-electron chi connectivity index (χ1n) is 6.84. The van der Waals surface area contributed by atoms with Crippen LogP contribution in [-0.4, -0.2) is 25.3 Å². The van der Waals surface area contributed by atoms with E-state index >= 15 is 0 Å². The number of rotatable bonds is 6. The highest BCUT2D eigenvalue weighted by Crippen LogP contribution is 2.25. The van der Waals surface area contributed by atoms with Gasteiger partial charge in [0.15, 0.2) is 5.78 Å². The Morgan fingerprint density at radius 1 is 1.14 bits per heavy atom. The van der Waals surface area contributed by atoms with Crippen LogP contribution in [0.2, 0.25) is 5.02 Å². The van der Waals surface area contributed by atoms with E-state index in [2.05, 4.69) is 5.32 Å². The average molecular weight is 318 g/mol. The zero-order chi connectivity index (χ0) is 15.9. The number of carbonyl (C=O) groups is 2. The predicted molar refractivity (Wildman–Crippen MR) is 85.5 cm³/mol. The van der Waals surface area contributed by atoms with Crippen molar-refractivity contribution in [1.29, 1.82) is 0 Å². The van der Waals surface area contributed by atoms with E-state index in [0.29, 0.717) is 21.9 Å². The van der Waals surface area contributed by atoms with Crippen molar-refractivity contribution < 1.29 is 14.3 Å². The molecule has 2 aromatic rings. The number of carbonyl (C=O) groups excluding carboxylic acids is 2. The summed E-state index contributed by atoms with van der Waals surface area (Å²) in [6, 6.07) is 13.8. The van der Waals surface area contributed by atoms with Crippen LogP contribution in [-0.2, 0) is 4.79 Å². The lowest BCUT2D eigenvalue weighted by atomic mass is 10.0. The van der Waals surface area contributed by atoms with Gasteiger partial charge < -0.3 is 10.1 Å². The number of amides is 1. The normalized spacial score (nSPS) is 10.1. The van der Waals surface area contributed by atoms with Crippen LogP contribution >= 0.6 is 11.6 Å². The van der Waals surface area contributed by atoms with Crippen LogP contribution in [0.3, 0.4) is 0 Å². The molecule has 114 valence electrons. The molecule has 0 aliphatic carbocycles. The second-order valence-electron chi connectivity index (χ2n) is 4.61. The number of hydrogen-bond acceptors (Lipinski definition) is 3. The Kier molecular flexibility index (Phi) is 5.55. The first-order chi connectivity index (χ1) is 10.6. The molecule has 0 aliphatic heterocycles. The van der Waals surface area contributed by atoms with Crippen LogP contribution in [0.25, 0.3) is 0 Å². The zero-order valence-electron chi connectivity index (χ0n) is 12.1. The van der Waals surface area contributed by atoms with Gasteiger partial charge in [0.2, 0.25) is 5.91 Å². The maximum atomic E-state index is 12.6. The third-order valence-electron chi connectivity index (χ3n) is 3.09. The molecule has 0 unspecified atom stereocenters. The molecule has 0 heterocycles. The summed E-state index contributed by atoms with van der Waals surface area (Å²) < 4.78 is 5.57. The third-order valence-corrected chi connectivity index (χ3v) is 3.32. The van der Waals surface area contributed by atoms with Crippen molar-refractivity contribution in [2.75, 3.05) is 13.7 Å². The van der Waals surface area contributed by atoms with Gasteiger partial charge in [0, 0.05) is 17.6 Å². The Bertz CT molecular complexity index is 671. The van der Waals surface area contributed by atoms with E-state index in [9.17, 15) is 9.59 Å². The van der Waals surface area contributed by atoms with Gasteiger partial charge in [-0.25, -0.2) is 0 Å². The maximum absolute atomic E-state index is 12.6. The standard InChI is InChI=1S/C17H16ClNO3/c1-19-16(20)9-10-22-15-8-7-13(18)11-14(15)17(21)12-5-3-2-4-6-12/h2-8,11H,9-10H2,1H3,(H,19,20). The van der Waals surface area contributed by atoms with Gasteiger partial charge in [0.05, 0.1) is 18.6 Å². The minimum atomic E-state index is -0.168. The van der Waals surface area contributed by atoms with Gasteiger partial charge in [-0.3, -0.25) is 9.59 Å². The molecule has 0 bridgehead atoms. The minimum absolute atomic E-state index is 0.120. The van der Waals surface area contributed by atoms with E-state index in [4.69, 9.17) is 16.3 Å². The van der Waals surface area contributed by atoms with Crippen molar-refractivity contribution >= 4 is 23.3 Å². The summed E-state index contributed by atoms with van der Waals surface area (Å²) in [6.07, 6.45) is 0.220. The lowest BCUT2D eigenvalue weighted by Gasteiger charge is -2.11. The van der Waals surface area contributed by atoms with Crippen molar-refractivity contribution in [2.24, 2.45) is 0 Å². The van der Waals surface area contributed by atoms with E-state index in [1.54, 1.807) is 49.5 Å². The zero-order valence-corrected chi connectivity index (χ0v) is 12.9. The SMILES string of the molecule is CNC(=O)CCOc1ccc(Cl)cc1C(=O)c1ccccc1. The summed E-state index contributed by atoms with van der Waals surface area (Å²) in [7, 11) is 1.56. The molecule has 0 saturated carbocycles. The number of hydrogen-bond donors (Lipinski definition) is 1. The highest BCUT2D eigenvalue weighted by Gasteiger charge is 2.15. The van der Waals surface area contributed by atoms with Crippen molar-refractivity contribution in [3.8, 4) is 5.75 Å². The van der Waals surface area contributed by atoms with Crippen molar-refractivity contribution in [2.45, 2.75) is 6.42 Å². The van der Waals surface area contributed by atoms with Gasteiger partial charge in [-0.05, 0) is 18.2 Å². The van der Waals surface area contributed by atoms with Crippen LogP contribution in [0.15, 0.2) is 48.5 Å². The molecule has 0 atom stereocenters. The Morgan fingerprint density at radius 2 is 1.86 bits per heavy atom. The van der Waals surface area contributed by atoms with Crippen LogP contribution < -0.4 is 10.1 Å². The largest absolute Gasteiger partial charge is 0.492 e. The molecular weight excluding hydrogens is 302 g/mol. The van der Waals surface area contributed by atoms with E-state index < -0.39 is 0 Å². The Labute approximate surface area is 134 Å². The van der Waals surface area contributed by atoms with Crippen LogP contribution in [0.4, 0.5) is 0 Å². The van der Waals surface area contributed by atoms with Crippen molar-refractivity contribution in [3.05, 3.63) is 64.7 Å². The first kappa shape index (κ1) is 16.0. The molecule has 0 spiro atoms. The fourth-order valence-corrected chi connectivity index (χ4v) is 2.10. The van der Waals surface area contributed by atoms with Crippen LogP contribution in [0, 0.1) is 0 Å². The molecule has 0 radical (unpaired) electrons. The lowest BCUT2D eigenvalue weighted by molar-refractivity contribution is -0.121. The highest BCUT2D eigenvalue weighted by molar-refractivity contribution is 6.31. The Balaban J connectivity index is 2.21. The fraction of sp³-hybridized carbons (Fsp3) is 0.176. The third kappa shape index (κ3) is 4.09. The Morgan fingerprint density at radius 3 is 2.55 bits per heavy atom. The summed E-state index contributed by atoms with van der Waals surface area (Å²) in [5.41, 5.74) is 0.941. The summed E-state index contributed by atoms with van der Waals surface area (Å²) in [4.78, 5) is 23.8. The van der Waals surface area contributed by atoms with Gasteiger partial charge in [-0.15, -0.1) is 0 Å². The molecule has 1 amide bonds. The molecule has 0 fully saturated rings. The quantitative estimate of drug-likeness (QED) is 0.833. The minimum Gasteiger partial charge on any atom is -0.492 e. The molecule has 2 rings (SSSR count). The first-order valence-corrected chi connectivity index (χ1v) is 7.22. The molecule has 5 heteroatoms. The predicted octanol–water partition coefficient (Wildman–Crippen LogP) is 3.09. The topological polar surface area (TPSA) is 55.4 Å². The smallest absolute Gasteiger partial charge is 0.223 e. The molecule has 0 aromatic heterocycles. The van der Waals surface area contributed by atoms with Crippen molar-refractivity contribution in [1.82, 2.24) is 5.32 Å². The summed E-state index contributed by atoms with van der Waals surface area (Å²) in [5, 5.41) is 2.97. The van der Waals surface area contributed by atoms with Gasteiger partial charge in [-0.2, -0.15) is 0 Å². The van der Waals surface area contributed by atoms with E-state index in [1.807, 2.05) is 6.07 Å². The van der Waals surface area contributed by atoms with Crippen LogP contribution in [0.1, 0.15) is 22.3 Å². The molecule has 0 aliphatic rings. The Hall–Kier alpha value is -2.33. The molecule has 22 heavy (non-hydrogen) atoms. The van der Waals surface area contributed by atoms with Gasteiger partial charge in [-0.1, -0.05) is 41.9 Å². The number of ether oxygens (including phenoxy) is 1. The second-order valence-corrected chi connectivity index (χ2v) is 5.04. The molecule has 2 aromatic carbocycles. The molecular formula is C17H16ClNO3. The summed E-state index contributed by atoms with van der Waals surface area (Å²) in [6.45, 7) is 0.191. The van der Waals surface area contributed by atoms with Crippen molar-refractivity contribution in [3.63, 3.8) is 0 Å². The summed E-state index contributed by atoms with van der Waals surface area (Å²) >= 11 is 5.98. The van der Waals surface area contributed by atoms with Gasteiger partial charge in [0.25, 0.3) is 0 Å². The average Bonchev–Trinajstić information content (AvgIpc) is 2.56. The molecule has 0 saturated heterocycles. The number of benzene rings is 2. The number of ketones is 1. The monoisotopic (exact) mass is 317 g/mol. The lowest BCUT2D eigenvalue weighted by Crippen LogP contribution is -2.20. The van der Waals surface area contributed by atoms with E-state index in [1.165, 1.54) is 0 Å². The van der Waals surface area contributed by atoms with E-state index in [-0.39, 0.29) is 24.7 Å². The molecule has 1 N–H and O–H groups in total. The number of halogens is 1. The van der Waals surface area contributed by atoms with Gasteiger partial charge >= 0.3 is 0 Å². The van der Waals surface area contributed by atoms with Gasteiger partial charge in [0.1, 0.15) is 5.75 Å².